The summed E-state index contributed by atoms with van der Waals surface area (Å²) in [7, 11) is 1.62. The summed E-state index contributed by atoms with van der Waals surface area (Å²) in [5.41, 5.74) is 6.41. The number of carbonyl (C=O) groups is 1. The van der Waals surface area contributed by atoms with E-state index in [1.54, 1.807) is 12.0 Å². The van der Waals surface area contributed by atoms with Gasteiger partial charge in [0, 0.05) is 24.3 Å². The molecule has 0 heterocycles. The quantitative estimate of drug-likeness (QED) is 0.837. The van der Waals surface area contributed by atoms with Crippen LogP contribution < -0.4 is 20.7 Å². The Hall–Kier alpha value is -1.75. The minimum absolute atomic E-state index is 0.0450. The normalized spacial score (nSPS) is 14.5. The number of carbonyl (C=O) groups excluding carboxylic acids is 1. The van der Waals surface area contributed by atoms with E-state index in [1.807, 2.05) is 24.3 Å². The molecule has 5 nitrogen and oxygen atoms in total. The molecule has 1 aliphatic carbocycles. The van der Waals surface area contributed by atoms with Crippen molar-refractivity contribution in [2.24, 2.45) is 5.73 Å². The van der Waals surface area contributed by atoms with Crippen LogP contribution in [0.4, 0.5) is 10.5 Å². The Bertz CT molecular complexity index is 446. The Morgan fingerprint density at radius 3 is 2.90 bits per heavy atom. The predicted octanol–water partition coefficient (Wildman–Crippen LogP) is 2.11. The Kier molecular flexibility index (Phi) is 5.24. The summed E-state index contributed by atoms with van der Waals surface area (Å²) in [6, 6.07) is 7.83. The number of nitrogens with one attached hydrogen (secondary N) is 1. The first-order chi connectivity index (χ1) is 9.74. The van der Waals surface area contributed by atoms with Crippen molar-refractivity contribution in [2.45, 2.75) is 31.7 Å². The number of rotatable bonds is 6. The zero-order chi connectivity index (χ0) is 14.4. The van der Waals surface area contributed by atoms with Gasteiger partial charge in [-0.1, -0.05) is 6.07 Å². The van der Waals surface area contributed by atoms with Gasteiger partial charge in [0.15, 0.2) is 0 Å². The number of benzene rings is 1. The van der Waals surface area contributed by atoms with Crippen LogP contribution in [0, 0.1) is 0 Å². The molecule has 2 amide bonds. The fraction of sp³-hybridized carbons (Fsp3) is 0.533. The lowest BCUT2D eigenvalue weighted by molar-refractivity contribution is 0.234. The SMILES string of the molecule is COc1cccc(N(CCCN)C(=O)NC2CCC2)c1. The lowest BCUT2D eigenvalue weighted by Crippen LogP contribution is -2.48. The number of hydrogen-bond donors (Lipinski definition) is 2. The van der Waals surface area contributed by atoms with Crippen molar-refractivity contribution in [3.05, 3.63) is 24.3 Å². The Labute approximate surface area is 120 Å². The third-order valence-electron chi connectivity index (χ3n) is 3.63. The summed E-state index contributed by atoms with van der Waals surface area (Å²) in [6.45, 7) is 1.18. The monoisotopic (exact) mass is 277 g/mol. The molecule has 1 aliphatic rings. The lowest BCUT2D eigenvalue weighted by Gasteiger charge is -2.31. The summed E-state index contributed by atoms with van der Waals surface area (Å²) < 4.78 is 5.22. The van der Waals surface area contributed by atoms with E-state index >= 15 is 0 Å². The van der Waals surface area contributed by atoms with Crippen molar-refractivity contribution in [3.8, 4) is 5.75 Å². The van der Waals surface area contributed by atoms with Crippen molar-refractivity contribution in [1.29, 1.82) is 0 Å². The molecule has 5 heteroatoms. The number of urea groups is 1. The Balaban J connectivity index is 2.09. The van der Waals surface area contributed by atoms with Gasteiger partial charge in [-0.3, -0.25) is 4.90 Å². The van der Waals surface area contributed by atoms with Crippen LogP contribution >= 0.6 is 0 Å². The number of nitrogens with zero attached hydrogens (tertiary/aromatic N) is 1. The second-order valence-corrected chi connectivity index (χ2v) is 5.07. The maximum Gasteiger partial charge on any atom is 0.322 e. The Morgan fingerprint density at radius 1 is 1.50 bits per heavy atom. The minimum Gasteiger partial charge on any atom is -0.497 e. The molecule has 3 N–H and O–H groups in total. The van der Waals surface area contributed by atoms with Crippen LogP contribution in [0.25, 0.3) is 0 Å². The third kappa shape index (κ3) is 3.63. The van der Waals surface area contributed by atoms with E-state index in [4.69, 9.17) is 10.5 Å². The molecule has 1 saturated carbocycles. The van der Waals surface area contributed by atoms with Gasteiger partial charge in [0.2, 0.25) is 0 Å². The summed E-state index contributed by atoms with van der Waals surface area (Å²) in [5.74, 6) is 0.747. The molecule has 2 rings (SSSR count). The largest absolute Gasteiger partial charge is 0.497 e. The fourth-order valence-electron chi connectivity index (χ4n) is 2.18. The molecular formula is C15H23N3O2. The first kappa shape index (κ1) is 14.7. The fourth-order valence-corrected chi connectivity index (χ4v) is 2.18. The van der Waals surface area contributed by atoms with E-state index in [9.17, 15) is 4.79 Å². The highest BCUT2D eigenvalue weighted by Gasteiger charge is 2.23. The maximum absolute atomic E-state index is 12.4. The van der Waals surface area contributed by atoms with E-state index in [0.717, 1.165) is 30.7 Å². The van der Waals surface area contributed by atoms with Crippen molar-refractivity contribution >= 4 is 11.7 Å². The molecule has 0 spiro atoms. The molecule has 0 unspecified atom stereocenters. The number of amides is 2. The van der Waals surface area contributed by atoms with Crippen LogP contribution in [0.1, 0.15) is 25.7 Å². The molecule has 0 aliphatic heterocycles. The first-order valence-electron chi connectivity index (χ1n) is 7.16. The molecular weight excluding hydrogens is 254 g/mol. The second kappa shape index (κ2) is 7.14. The highest BCUT2D eigenvalue weighted by Crippen LogP contribution is 2.23. The van der Waals surface area contributed by atoms with Gasteiger partial charge in [0.05, 0.1) is 7.11 Å². The van der Waals surface area contributed by atoms with Crippen molar-refractivity contribution in [1.82, 2.24) is 5.32 Å². The van der Waals surface area contributed by atoms with Crippen LogP contribution in [0.2, 0.25) is 0 Å². The molecule has 0 radical (unpaired) electrons. The number of anilines is 1. The van der Waals surface area contributed by atoms with Gasteiger partial charge in [-0.15, -0.1) is 0 Å². The van der Waals surface area contributed by atoms with Crippen LogP contribution in [-0.2, 0) is 0 Å². The smallest absolute Gasteiger partial charge is 0.322 e. The topological polar surface area (TPSA) is 67.6 Å². The van der Waals surface area contributed by atoms with Crippen molar-refractivity contribution in [3.63, 3.8) is 0 Å². The van der Waals surface area contributed by atoms with Gasteiger partial charge >= 0.3 is 6.03 Å². The number of ether oxygens (including phenoxy) is 1. The molecule has 1 aromatic rings. The van der Waals surface area contributed by atoms with E-state index < -0.39 is 0 Å². The molecule has 1 aromatic carbocycles. The average molecular weight is 277 g/mol. The highest BCUT2D eigenvalue weighted by atomic mass is 16.5. The maximum atomic E-state index is 12.4. The molecule has 110 valence electrons. The molecule has 0 saturated heterocycles. The summed E-state index contributed by atoms with van der Waals surface area (Å²) in [6.07, 6.45) is 4.13. The van der Waals surface area contributed by atoms with E-state index in [1.165, 1.54) is 6.42 Å². The van der Waals surface area contributed by atoms with Crippen molar-refractivity contribution < 1.29 is 9.53 Å². The van der Waals surface area contributed by atoms with Crippen LogP contribution in [0.15, 0.2) is 24.3 Å². The molecule has 20 heavy (non-hydrogen) atoms. The van der Waals surface area contributed by atoms with Gasteiger partial charge < -0.3 is 15.8 Å². The molecule has 0 atom stereocenters. The Morgan fingerprint density at radius 2 is 2.30 bits per heavy atom. The molecule has 1 fully saturated rings. The predicted molar refractivity (Wildman–Crippen MR) is 80.2 cm³/mol. The number of methoxy groups -OCH3 is 1. The number of nitrogens with two attached hydrogens (primary N) is 1. The van der Waals surface area contributed by atoms with Gasteiger partial charge in [0.1, 0.15) is 5.75 Å². The van der Waals surface area contributed by atoms with Crippen LogP contribution in [0.3, 0.4) is 0 Å². The zero-order valence-corrected chi connectivity index (χ0v) is 12.0. The lowest BCUT2D eigenvalue weighted by atomic mass is 9.93. The zero-order valence-electron chi connectivity index (χ0n) is 12.0. The first-order valence-corrected chi connectivity index (χ1v) is 7.16. The minimum atomic E-state index is -0.0450. The summed E-state index contributed by atoms with van der Waals surface area (Å²) >= 11 is 0. The third-order valence-corrected chi connectivity index (χ3v) is 3.63. The summed E-state index contributed by atoms with van der Waals surface area (Å²) in [5, 5.41) is 3.07. The van der Waals surface area contributed by atoms with Crippen LogP contribution in [-0.4, -0.2) is 32.3 Å². The van der Waals surface area contributed by atoms with Gasteiger partial charge in [-0.05, 0) is 44.4 Å². The molecule has 0 aromatic heterocycles. The second-order valence-electron chi connectivity index (χ2n) is 5.07. The van der Waals surface area contributed by atoms with Crippen LogP contribution in [0.5, 0.6) is 5.75 Å². The van der Waals surface area contributed by atoms with E-state index in [-0.39, 0.29) is 6.03 Å². The van der Waals surface area contributed by atoms with Gasteiger partial charge in [-0.2, -0.15) is 0 Å². The van der Waals surface area contributed by atoms with E-state index in [2.05, 4.69) is 5.32 Å². The number of hydrogen-bond acceptors (Lipinski definition) is 3. The molecule has 0 bridgehead atoms. The van der Waals surface area contributed by atoms with Gasteiger partial charge in [-0.25, -0.2) is 4.79 Å². The van der Waals surface area contributed by atoms with E-state index in [0.29, 0.717) is 19.1 Å². The summed E-state index contributed by atoms with van der Waals surface area (Å²) in [4.78, 5) is 14.1. The standard InChI is InChI=1S/C15H23N3O2/c1-20-14-8-3-7-13(11-14)18(10-4-9-16)15(19)17-12-5-2-6-12/h3,7-8,11-12H,2,4-6,9-10,16H2,1H3,(H,17,19). The average Bonchev–Trinajstić information content (AvgIpc) is 2.43. The van der Waals surface area contributed by atoms with Crippen molar-refractivity contribution in [2.75, 3.05) is 25.1 Å². The highest BCUT2D eigenvalue weighted by molar-refractivity contribution is 5.92. The van der Waals surface area contributed by atoms with Gasteiger partial charge in [0.25, 0.3) is 0 Å².